The Morgan fingerprint density at radius 2 is 1.69 bits per heavy atom. The quantitative estimate of drug-likeness (QED) is 0.722. The van der Waals surface area contributed by atoms with Crippen LogP contribution in [0.2, 0.25) is 0 Å². The van der Waals surface area contributed by atoms with Crippen LogP contribution in [-0.4, -0.2) is 56.8 Å². The van der Waals surface area contributed by atoms with E-state index in [2.05, 4.69) is 30.1 Å². The van der Waals surface area contributed by atoms with Crippen molar-refractivity contribution in [3.05, 3.63) is 65.2 Å². The number of benzene rings is 2. The number of carbonyl (C=O) groups is 1. The van der Waals surface area contributed by atoms with Gasteiger partial charge in [0.05, 0.1) is 23.6 Å². The number of nitrogens with one attached hydrogen (secondary N) is 1. The van der Waals surface area contributed by atoms with E-state index in [0.29, 0.717) is 30.8 Å². The lowest BCUT2D eigenvalue weighted by Gasteiger charge is -2.35. The summed E-state index contributed by atoms with van der Waals surface area (Å²) in [5.74, 6) is 0.000883. The highest BCUT2D eigenvalue weighted by Gasteiger charge is 2.28. The topological polar surface area (TPSA) is 79.0 Å². The molecule has 0 aliphatic carbocycles. The molecule has 2 heterocycles. The van der Waals surface area contributed by atoms with E-state index in [9.17, 15) is 13.2 Å². The molecule has 2 aliphatic heterocycles. The highest BCUT2D eigenvalue weighted by atomic mass is 32.2. The first-order chi connectivity index (χ1) is 15.3. The number of rotatable bonds is 6. The second-order valence-corrected chi connectivity index (χ2v) is 10.7. The van der Waals surface area contributed by atoms with E-state index >= 15 is 0 Å². The number of morpholine rings is 1. The lowest BCUT2D eigenvalue weighted by molar-refractivity contribution is -0.0705. The van der Waals surface area contributed by atoms with E-state index in [-0.39, 0.29) is 23.9 Å². The predicted octanol–water partition coefficient (Wildman–Crippen LogP) is 2.77. The van der Waals surface area contributed by atoms with E-state index in [1.165, 1.54) is 9.87 Å². The monoisotopic (exact) mass is 457 g/mol. The summed E-state index contributed by atoms with van der Waals surface area (Å²) in [6.07, 6.45) is 1.06. The molecule has 2 atom stereocenters. The SMILES string of the molecule is CC1CN(Cc2ccccc2CNC(=O)c2ccc(N3CCCS3(=O)=O)cc2)CC(C)O1. The first kappa shape index (κ1) is 22.8. The molecular weight excluding hydrogens is 426 g/mol. The third-order valence-electron chi connectivity index (χ3n) is 5.96. The van der Waals surface area contributed by atoms with Crippen molar-refractivity contribution in [1.82, 2.24) is 10.2 Å². The van der Waals surface area contributed by atoms with Crippen LogP contribution in [0, 0.1) is 0 Å². The molecule has 2 unspecified atom stereocenters. The largest absolute Gasteiger partial charge is 0.373 e. The van der Waals surface area contributed by atoms with Crippen molar-refractivity contribution >= 4 is 21.6 Å². The van der Waals surface area contributed by atoms with E-state index < -0.39 is 10.0 Å². The van der Waals surface area contributed by atoms with Gasteiger partial charge in [-0.25, -0.2) is 8.42 Å². The molecular formula is C24H31N3O4S. The average Bonchev–Trinajstić information content (AvgIpc) is 3.11. The van der Waals surface area contributed by atoms with Gasteiger partial charge in [-0.05, 0) is 55.7 Å². The second kappa shape index (κ2) is 9.60. The van der Waals surface area contributed by atoms with Gasteiger partial charge < -0.3 is 10.1 Å². The zero-order chi connectivity index (χ0) is 22.7. The van der Waals surface area contributed by atoms with Crippen molar-refractivity contribution in [2.45, 2.75) is 45.6 Å². The molecule has 0 radical (unpaired) electrons. The van der Waals surface area contributed by atoms with Crippen LogP contribution in [0.5, 0.6) is 0 Å². The van der Waals surface area contributed by atoms with Crippen molar-refractivity contribution in [2.24, 2.45) is 0 Å². The van der Waals surface area contributed by atoms with Crippen LogP contribution in [-0.2, 0) is 27.8 Å². The molecule has 2 saturated heterocycles. The Kier molecular flexibility index (Phi) is 6.83. The lowest BCUT2D eigenvalue weighted by Crippen LogP contribution is -2.45. The summed E-state index contributed by atoms with van der Waals surface area (Å²) in [6.45, 7) is 7.73. The number of anilines is 1. The van der Waals surface area contributed by atoms with Crippen LogP contribution in [0.3, 0.4) is 0 Å². The zero-order valence-corrected chi connectivity index (χ0v) is 19.5. The van der Waals surface area contributed by atoms with Crippen molar-refractivity contribution < 1.29 is 17.9 Å². The van der Waals surface area contributed by atoms with Crippen LogP contribution < -0.4 is 9.62 Å². The summed E-state index contributed by atoms with van der Waals surface area (Å²) in [5.41, 5.74) is 3.41. The number of amides is 1. The van der Waals surface area contributed by atoms with E-state index in [1.54, 1.807) is 24.3 Å². The Bertz CT molecular complexity index is 1050. The van der Waals surface area contributed by atoms with Crippen molar-refractivity contribution in [3.8, 4) is 0 Å². The summed E-state index contributed by atoms with van der Waals surface area (Å²) < 4.78 is 31.4. The van der Waals surface area contributed by atoms with Crippen LogP contribution in [0.15, 0.2) is 48.5 Å². The molecule has 2 aromatic carbocycles. The minimum absolute atomic E-state index is 0.177. The third kappa shape index (κ3) is 5.31. The van der Waals surface area contributed by atoms with Crippen LogP contribution in [0.1, 0.15) is 41.8 Å². The molecule has 7 nitrogen and oxygen atoms in total. The highest BCUT2D eigenvalue weighted by Crippen LogP contribution is 2.24. The molecule has 8 heteroatoms. The molecule has 0 spiro atoms. The van der Waals surface area contributed by atoms with E-state index in [4.69, 9.17) is 4.74 Å². The van der Waals surface area contributed by atoms with Crippen LogP contribution in [0.25, 0.3) is 0 Å². The molecule has 2 aromatic rings. The van der Waals surface area contributed by atoms with Gasteiger partial charge in [-0.3, -0.25) is 14.0 Å². The molecule has 4 rings (SSSR count). The average molecular weight is 458 g/mol. The zero-order valence-electron chi connectivity index (χ0n) is 18.7. The fourth-order valence-electron chi connectivity index (χ4n) is 4.52. The van der Waals surface area contributed by atoms with E-state index in [0.717, 1.165) is 25.2 Å². The minimum atomic E-state index is -3.22. The number of nitrogens with zero attached hydrogens (tertiary/aromatic N) is 2. The van der Waals surface area contributed by atoms with Gasteiger partial charge in [0.25, 0.3) is 5.91 Å². The van der Waals surface area contributed by atoms with Gasteiger partial charge in [0.1, 0.15) is 0 Å². The maximum absolute atomic E-state index is 12.7. The lowest BCUT2D eigenvalue weighted by atomic mass is 10.1. The van der Waals surface area contributed by atoms with Gasteiger partial charge in [-0.2, -0.15) is 0 Å². The van der Waals surface area contributed by atoms with Crippen molar-refractivity contribution in [1.29, 1.82) is 0 Å². The first-order valence-corrected chi connectivity index (χ1v) is 12.8. The smallest absolute Gasteiger partial charge is 0.251 e. The number of ether oxygens (including phenoxy) is 1. The van der Waals surface area contributed by atoms with Gasteiger partial charge in [0.2, 0.25) is 10.0 Å². The molecule has 0 aromatic heterocycles. The number of hydrogen-bond acceptors (Lipinski definition) is 5. The van der Waals surface area contributed by atoms with Gasteiger partial charge in [0.15, 0.2) is 0 Å². The highest BCUT2D eigenvalue weighted by molar-refractivity contribution is 7.93. The number of sulfonamides is 1. The molecule has 32 heavy (non-hydrogen) atoms. The van der Waals surface area contributed by atoms with Crippen LogP contribution in [0.4, 0.5) is 5.69 Å². The Morgan fingerprint density at radius 3 is 2.31 bits per heavy atom. The standard InChI is InChI=1S/C24H31N3O4S/c1-18-15-26(16-19(2)31-18)17-22-7-4-3-6-21(22)14-25-24(28)20-8-10-23(11-9-20)27-12-5-13-32(27,29)30/h3-4,6-11,18-19H,5,12-17H2,1-2H3,(H,25,28). The van der Waals surface area contributed by atoms with Crippen LogP contribution >= 0.6 is 0 Å². The second-order valence-electron chi connectivity index (χ2n) is 8.69. The molecule has 0 bridgehead atoms. The number of carbonyl (C=O) groups excluding carboxylic acids is 1. The molecule has 2 aliphatic rings. The first-order valence-electron chi connectivity index (χ1n) is 11.1. The summed E-state index contributed by atoms with van der Waals surface area (Å²) >= 11 is 0. The molecule has 172 valence electrons. The van der Waals surface area contributed by atoms with Gasteiger partial charge in [-0.1, -0.05) is 24.3 Å². The Morgan fingerprint density at radius 1 is 1.03 bits per heavy atom. The summed E-state index contributed by atoms with van der Waals surface area (Å²) in [6, 6.07) is 14.9. The molecule has 0 saturated carbocycles. The molecule has 1 amide bonds. The Labute approximate surface area is 190 Å². The van der Waals surface area contributed by atoms with Gasteiger partial charge in [0, 0.05) is 38.3 Å². The van der Waals surface area contributed by atoms with Crippen molar-refractivity contribution in [2.75, 3.05) is 29.7 Å². The summed E-state index contributed by atoms with van der Waals surface area (Å²) in [7, 11) is -3.22. The fraction of sp³-hybridized carbons (Fsp3) is 0.458. The Balaban J connectivity index is 1.38. The van der Waals surface area contributed by atoms with Crippen molar-refractivity contribution in [3.63, 3.8) is 0 Å². The number of hydrogen-bond donors (Lipinski definition) is 1. The predicted molar refractivity (Wildman–Crippen MR) is 125 cm³/mol. The fourth-order valence-corrected chi connectivity index (χ4v) is 6.09. The maximum Gasteiger partial charge on any atom is 0.251 e. The minimum Gasteiger partial charge on any atom is -0.373 e. The van der Waals surface area contributed by atoms with Gasteiger partial charge >= 0.3 is 0 Å². The van der Waals surface area contributed by atoms with E-state index in [1.807, 2.05) is 18.2 Å². The summed E-state index contributed by atoms with van der Waals surface area (Å²) in [5, 5.41) is 3.00. The normalized spacial score (nSPS) is 23.2. The maximum atomic E-state index is 12.7. The van der Waals surface area contributed by atoms with Gasteiger partial charge in [-0.15, -0.1) is 0 Å². The molecule has 1 N–H and O–H groups in total. The Hall–Kier alpha value is -2.42. The third-order valence-corrected chi connectivity index (χ3v) is 7.83. The molecule has 2 fully saturated rings. The summed E-state index contributed by atoms with van der Waals surface area (Å²) in [4.78, 5) is 15.1.